The maximum absolute atomic E-state index is 12.4. The molecule has 4 nitrogen and oxygen atoms in total. The summed E-state index contributed by atoms with van der Waals surface area (Å²) in [5.74, 6) is -0.00694. The van der Waals surface area contributed by atoms with Gasteiger partial charge in [0.1, 0.15) is 0 Å². The van der Waals surface area contributed by atoms with Crippen LogP contribution in [0.3, 0.4) is 0 Å². The molecule has 0 aromatic heterocycles. The molecule has 20 heavy (non-hydrogen) atoms. The summed E-state index contributed by atoms with van der Waals surface area (Å²) < 4.78 is 26.3. The highest BCUT2D eigenvalue weighted by Gasteiger charge is 2.33. The monoisotopic (exact) mass is 297 g/mol. The molecule has 2 rings (SSSR count). The van der Waals surface area contributed by atoms with E-state index in [0.29, 0.717) is 6.42 Å². The van der Waals surface area contributed by atoms with Gasteiger partial charge in [0, 0.05) is 7.05 Å². The fraction of sp³-hybridized carbons (Fsp3) is 0.600. The summed E-state index contributed by atoms with van der Waals surface area (Å²) in [4.78, 5) is 0. The summed E-state index contributed by atoms with van der Waals surface area (Å²) in [5, 5.41) is 10.00. The molecule has 0 saturated heterocycles. The van der Waals surface area contributed by atoms with Crippen LogP contribution in [-0.2, 0) is 15.8 Å². The predicted molar refractivity (Wildman–Crippen MR) is 79.8 cm³/mol. The molecule has 0 spiro atoms. The summed E-state index contributed by atoms with van der Waals surface area (Å²) in [6, 6.07) is 7.25. The van der Waals surface area contributed by atoms with Crippen molar-refractivity contribution >= 4 is 10.0 Å². The summed E-state index contributed by atoms with van der Waals surface area (Å²) in [6.45, 7) is 1.97. The molecule has 1 aliphatic carbocycles. The van der Waals surface area contributed by atoms with Gasteiger partial charge in [0.25, 0.3) is 0 Å². The van der Waals surface area contributed by atoms with Crippen LogP contribution in [0, 0.1) is 6.92 Å². The first-order chi connectivity index (χ1) is 9.40. The summed E-state index contributed by atoms with van der Waals surface area (Å²) in [5.41, 5.74) is 1.90. The first-order valence-electron chi connectivity index (χ1n) is 7.09. The number of likely N-dealkylation sites (N-methyl/N-ethyl adjacent to an activating group) is 1. The van der Waals surface area contributed by atoms with Crippen LogP contribution in [0.15, 0.2) is 24.3 Å². The predicted octanol–water partition coefficient (Wildman–Crippen LogP) is 2.06. The number of rotatable bonds is 4. The van der Waals surface area contributed by atoms with Crippen molar-refractivity contribution in [2.45, 2.75) is 50.5 Å². The molecule has 0 amide bonds. The number of sulfonamides is 1. The molecule has 1 aromatic rings. The standard InChI is InChI=1S/C15H23NO3S/c1-12-7-9-13(10-8-12)11-20(18,19)16(2)14-5-3-4-6-15(14)17/h7-10,14-15,17H,3-6,11H2,1-2H3. The first-order valence-corrected chi connectivity index (χ1v) is 8.70. The normalized spacial score (nSPS) is 24.0. The molecule has 5 heteroatoms. The highest BCUT2D eigenvalue weighted by molar-refractivity contribution is 7.88. The Bertz CT molecular complexity index is 539. The minimum absolute atomic E-state index is 0.00694. The van der Waals surface area contributed by atoms with Crippen LogP contribution in [-0.4, -0.2) is 37.0 Å². The second kappa shape index (κ2) is 6.24. The van der Waals surface area contributed by atoms with E-state index in [2.05, 4.69) is 0 Å². The molecular weight excluding hydrogens is 274 g/mol. The van der Waals surface area contributed by atoms with Crippen molar-refractivity contribution < 1.29 is 13.5 Å². The number of aliphatic hydroxyl groups is 1. The number of hydrogen-bond acceptors (Lipinski definition) is 3. The Hall–Kier alpha value is -0.910. The first kappa shape index (κ1) is 15.5. The van der Waals surface area contributed by atoms with E-state index in [1.54, 1.807) is 7.05 Å². The largest absolute Gasteiger partial charge is 0.391 e. The van der Waals surface area contributed by atoms with Crippen LogP contribution >= 0.6 is 0 Å². The number of nitrogens with zero attached hydrogens (tertiary/aromatic N) is 1. The van der Waals surface area contributed by atoms with Crippen LogP contribution in [0.1, 0.15) is 36.8 Å². The van der Waals surface area contributed by atoms with Gasteiger partial charge in [-0.1, -0.05) is 42.7 Å². The number of aryl methyl sites for hydroxylation is 1. The van der Waals surface area contributed by atoms with Gasteiger partial charge in [-0.2, -0.15) is 4.31 Å². The number of aliphatic hydroxyl groups excluding tert-OH is 1. The van der Waals surface area contributed by atoms with Gasteiger partial charge in [0.15, 0.2) is 0 Å². The molecule has 1 fully saturated rings. The Labute approximate surface area is 121 Å². The zero-order chi connectivity index (χ0) is 14.8. The Balaban J connectivity index is 2.10. The molecule has 2 unspecified atom stereocenters. The quantitative estimate of drug-likeness (QED) is 0.925. The van der Waals surface area contributed by atoms with Gasteiger partial charge in [-0.05, 0) is 25.3 Å². The zero-order valence-corrected chi connectivity index (χ0v) is 12.9. The second-order valence-electron chi connectivity index (χ2n) is 5.68. The van der Waals surface area contributed by atoms with Crippen molar-refractivity contribution in [1.82, 2.24) is 4.31 Å². The van der Waals surface area contributed by atoms with E-state index in [4.69, 9.17) is 0 Å². The maximum atomic E-state index is 12.4. The maximum Gasteiger partial charge on any atom is 0.218 e. The average molecular weight is 297 g/mol. The SMILES string of the molecule is Cc1ccc(CS(=O)(=O)N(C)C2CCCCC2O)cc1. The van der Waals surface area contributed by atoms with Gasteiger partial charge in [-0.25, -0.2) is 8.42 Å². The molecule has 2 atom stereocenters. The van der Waals surface area contributed by atoms with Crippen molar-refractivity contribution in [3.8, 4) is 0 Å². The summed E-state index contributed by atoms with van der Waals surface area (Å²) in [7, 11) is -1.80. The Morgan fingerprint density at radius 1 is 1.20 bits per heavy atom. The van der Waals surface area contributed by atoms with E-state index in [9.17, 15) is 13.5 Å². The Morgan fingerprint density at radius 2 is 1.80 bits per heavy atom. The average Bonchev–Trinajstić information content (AvgIpc) is 2.41. The highest BCUT2D eigenvalue weighted by Crippen LogP contribution is 2.25. The molecule has 112 valence electrons. The molecule has 0 radical (unpaired) electrons. The molecule has 1 aromatic carbocycles. The van der Waals surface area contributed by atoms with Crippen LogP contribution in [0.5, 0.6) is 0 Å². The van der Waals surface area contributed by atoms with Gasteiger partial charge in [0.2, 0.25) is 10.0 Å². The van der Waals surface area contributed by atoms with Gasteiger partial charge in [-0.15, -0.1) is 0 Å². The topological polar surface area (TPSA) is 57.6 Å². The Kier molecular flexibility index (Phi) is 4.83. The van der Waals surface area contributed by atoms with Crippen molar-refractivity contribution in [3.05, 3.63) is 35.4 Å². The fourth-order valence-corrected chi connectivity index (χ4v) is 4.19. The molecule has 0 aliphatic heterocycles. The van der Waals surface area contributed by atoms with Crippen LogP contribution < -0.4 is 0 Å². The highest BCUT2D eigenvalue weighted by atomic mass is 32.2. The lowest BCUT2D eigenvalue weighted by Gasteiger charge is -2.34. The van der Waals surface area contributed by atoms with Gasteiger partial charge in [0.05, 0.1) is 17.9 Å². The van der Waals surface area contributed by atoms with Gasteiger partial charge in [-0.3, -0.25) is 0 Å². The minimum atomic E-state index is -3.39. The lowest BCUT2D eigenvalue weighted by atomic mass is 9.93. The van der Waals surface area contributed by atoms with E-state index < -0.39 is 16.1 Å². The van der Waals surface area contributed by atoms with Crippen LogP contribution in [0.25, 0.3) is 0 Å². The number of benzene rings is 1. The van der Waals surface area contributed by atoms with E-state index in [1.807, 2.05) is 31.2 Å². The van der Waals surface area contributed by atoms with Crippen molar-refractivity contribution in [1.29, 1.82) is 0 Å². The number of hydrogen-bond donors (Lipinski definition) is 1. The molecule has 1 aliphatic rings. The third kappa shape index (κ3) is 3.59. The van der Waals surface area contributed by atoms with Crippen molar-refractivity contribution in [3.63, 3.8) is 0 Å². The Morgan fingerprint density at radius 3 is 2.40 bits per heavy atom. The minimum Gasteiger partial charge on any atom is -0.391 e. The van der Waals surface area contributed by atoms with Gasteiger partial charge >= 0.3 is 0 Å². The second-order valence-corrected chi connectivity index (χ2v) is 7.71. The molecule has 0 heterocycles. The lowest BCUT2D eigenvalue weighted by Crippen LogP contribution is -2.46. The van der Waals surface area contributed by atoms with Crippen molar-refractivity contribution in [2.75, 3.05) is 7.05 Å². The van der Waals surface area contributed by atoms with E-state index in [0.717, 1.165) is 30.4 Å². The smallest absolute Gasteiger partial charge is 0.218 e. The van der Waals surface area contributed by atoms with E-state index in [-0.39, 0.29) is 11.8 Å². The third-order valence-electron chi connectivity index (χ3n) is 4.07. The zero-order valence-electron chi connectivity index (χ0n) is 12.1. The molecular formula is C15H23NO3S. The lowest BCUT2D eigenvalue weighted by molar-refractivity contribution is 0.0637. The molecule has 0 bridgehead atoms. The molecule has 1 saturated carbocycles. The van der Waals surface area contributed by atoms with E-state index >= 15 is 0 Å². The summed E-state index contributed by atoms with van der Waals surface area (Å²) in [6.07, 6.45) is 2.84. The van der Waals surface area contributed by atoms with Crippen LogP contribution in [0.2, 0.25) is 0 Å². The molecule has 1 N–H and O–H groups in total. The van der Waals surface area contributed by atoms with Crippen LogP contribution in [0.4, 0.5) is 0 Å². The summed E-state index contributed by atoms with van der Waals surface area (Å²) >= 11 is 0. The van der Waals surface area contributed by atoms with Gasteiger partial charge < -0.3 is 5.11 Å². The van der Waals surface area contributed by atoms with E-state index in [1.165, 1.54) is 4.31 Å². The van der Waals surface area contributed by atoms with Crippen molar-refractivity contribution in [2.24, 2.45) is 0 Å². The fourth-order valence-electron chi connectivity index (χ4n) is 2.72. The third-order valence-corrected chi connectivity index (χ3v) is 5.92.